The predicted molar refractivity (Wildman–Crippen MR) is 169 cm³/mol. The lowest BCUT2D eigenvalue weighted by atomic mass is 9.96. The van der Waals surface area contributed by atoms with Gasteiger partial charge in [-0.25, -0.2) is 9.79 Å². The van der Waals surface area contributed by atoms with E-state index in [-0.39, 0.29) is 17.7 Å². The highest BCUT2D eigenvalue weighted by atomic mass is 35.5. The van der Waals surface area contributed by atoms with E-state index in [2.05, 4.69) is 15.6 Å². The van der Waals surface area contributed by atoms with Gasteiger partial charge in [0.2, 0.25) is 0 Å². The van der Waals surface area contributed by atoms with E-state index in [1.165, 1.54) is 11.3 Å². The van der Waals surface area contributed by atoms with Gasteiger partial charge in [-0.15, -0.1) is 0 Å². The molecular formula is C34H27ClN4O3S. The van der Waals surface area contributed by atoms with Gasteiger partial charge in [0.15, 0.2) is 4.80 Å². The van der Waals surface area contributed by atoms with Crippen molar-refractivity contribution in [3.63, 3.8) is 0 Å². The first-order valence-corrected chi connectivity index (χ1v) is 15.0. The third-order valence-electron chi connectivity index (χ3n) is 7.74. The van der Waals surface area contributed by atoms with Crippen LogP contribution in [0.25, 0.3) is 17.0 Å². The molecule has 0 unspecified atom stereocenters. The molecule has 0 bridgehead atoms. The van der Waals surface area contributed by atoms with Gasteiger partial charge < -0.3 is 9.30 Å². The fourth-order valence-corrected chi connectivity index (χ4v) is 6.96. The summed E-state index contributed by atoms with van der Waals surface area (Å²) in [4.78, 5) is 32.5. The SMILES string of the molecule is CCOC(=O)C1=C(C)N=c2s/c(=C\c3c(C)n(Cc4ccccc4C#N)c4ccccc34)c(=O)n2[C@@H]1c1ccccc1Cl. The summed E-state index contributed by atoms with van der Waals surface area (Å²) in [7, 11) is 0. The van der Waals surface area contributed by atoms with Crippen molar-refractivity contribution in [1.82, 2.24) is 9.13 Å². The predicted octanol–water partition coefficient (Wildman–Crippen LogP) is 5.63. The summed E-state index contributed by atoms with van der Waals surface area (Å²) < 4.78 is 9.59. The Hall–Kier alpha value is -4.71. The quantitative estimate of drug-likeness (QED) is 0.234. The smallest absolute Gasteiger partial charge is 0.338 e. The second-order valence-electron chi connectivity index (χ2n) is 10.2. The maximum absolute atomic E-state index is 14.2. The Morgan fingerprint density at radius 2 is 1.81 bits per heavy atom. The largest absolute Gasteiger partial charge is 0.463 e. The number of halogens is 1. The Morgan fingerprint density at radius 3 is 2.58 bits per heavy atom. The van der Waals surface area contributed by atoms with E-state index in [0.717, 1.165) is 27.7 Å². The minimum Gasteiger partial charge on any atom is -0.463 e. The molecule has 0 amide bonds. The molecule has 2 aromatic heterocycles. The Bertz CT molecular complexity index is 2180. The molecule has 3 heterocycles. The van der Waals surface area contributed by atoms with Crippen molar-refractivity contribution in [3.8, 4) is 6.07 Å². The van der Waals surface area contributed by atoms with Gasteiger partial charge >= 0.3 is 5.97 Å². The number of fused-ring (bicyclic) bond motifs is 2. The highest BCUT2D eigenvalue weighted by molar-refractivity contribution is 7.07. The number of nitrogens with zero attached hydrogens (tertiary/aromatic N) is 4. The van der Waals surface area contributed by atoms with Crippen molar-refractivity contribution in [3.05, 3.63) is 137 Å². The van der Waals surface area contributed by atoms with Gasteiger partial charge in [0.05, 0.1) is 34.0 Å². The van der Waals surface area contributed by atoms with Gasteiger partial charge in [0.1, 0.15) is 6.04 Å². The number of para-hydroxylation sites is 1. The van der Waals surface area contributed by atoms with Crippen LogP contribution in [0.2, 0.25) is 5.02 Å². The zero-order chi connectivity index (χ0) is 30.2. The number of hydrogen-bond donors (Lipinski definition) is 0. The minimum absolute atomic E-state index is 0.192. The zero-order valence-corrected chi connectivity index (χ0v) is 25.4. The summed E-state index contributed by atoms with van der Waals surface area (Å²) in [6, 6.07) is 24.3. The number of rotatable bonds is 6. The maximum Gasteiger partial charge on any atom is 0.338 e. The minimum atomic E-state index is -0.781. The van der Waals surface area contributed by atoms with Crippen LogP contribution in [0, 0.1) is 18.3 Å². The van der Waals surface area contributed by atoms with Crippen LogP contribution in [-0.2, 0) is 16.1 Å². The lowest BCUT2D eigenvalue weighted by molar-refractivity contribution is -0.139. The summed E-state index contributed by atoms with van der Waals surface area (Å²) in [5, 5.41) is 11.1. The molecule has 7 nitrogen and oxygen atoms in total. The molecule has 9 heteroatoms. The lowest BCUT2D eigenvalue weighted by Crippen LogP contribution is -2.40. The highest BCUT2D eigenvalue weighted by Gasteiger charge is 2.34. The van der Waals surface area contributed by atoms with Gasteiger partial charge in [-0.2, -0.15) is 5.26 Å². The topological polar surface area (TPSA) is 89.4 Å². The molecule has 0 aliphatic carbocycles. The van der Waals surface area contributed by atoms with Crippen LogP contribution in [0.1, 0.15) is 47.8 Å². The van der Waals surface area contributed by atoms with Crippen molar-refractivity contribution in [2.75, 3.05) is 6.61 Å². The molecule has 0 radical (unpaired) electrons. The summed E-state index contributed by atoms with van der Waals surface area (Å²) in [6.07, 6.45) is 1.90. The van der Waals surface area contributed by atoms with E-state index < -0.39 is 12.0 Å². The molecule has 214 valence electrons. The van der Waals surface area contributed by atoms with E-state index in [4.69, 9.17) is 16.3 Å². The number of carbonyl (C=O) groups is 1. The van der Waals surface area contributed by atoms with Crippen LogP contribution in [0.3, 0.4) is 0 Å². The van der Waals surface area contributed by atoms with Crippen molar-refractivity contribution in [1.29, 1.82) is 5.26 Å². The molecule has 0 spiro atoms. The number of allylic oxidation sites excluding steroid dienone is 1. The van der Waals surface area contributed by atoms with E-state index in [1.807, 2.05) is 79.7 Å². The second kappa shape index (κ2) is 11.5. The molecule has 5 aromatic rings. The van der Waals surface area contributed by atoms with E-state index in [0.29, 0.717) is 37.7 Å². The summed E-state index contributed by atoms with van der Waals surface area (Å²) in [6.45, 7) is 6.22. The Labute approximate surface area is 256 Å². The maximum atomic E-state index is 14.2. The number of carbonyl (C=O) groups excluding carboxylic acids is 1. The van der Waals surface area contributed by atoms with Gasteiger partial charge in [-0.05, 0) is 56.2 Å². The van der Waals surface area contributed by atoms with E-state index in [9.17, 15) is 14.9 Å². The molecule has 6 rings (SSSR count). The number of aromatic nitrogens is 2. The molecule has 0 saturated carbocycles. The monoisotopic (exact) mass is 606 g/mol. The number of benzene rings is 3. The van der Waals surface area contributed by atoms with Crippen LogP contribution in [-0.4, -0.2) is 21.7 Å². The first kappa shape index (κ1) is 28.4. The van der Waals surface area contributed by atoms with E-state index >= 15 is 0 Å². The van der Waals surface area contributed by atoms with Crippen LogP contribution in [0.5, 0.6) is 0 Å². The zero-order valence-electron chi connectivity index (χ0n) is 23.8. The van der Waals surface area contributed by atoms with Gasteiger partial charge in [-0.1, -0.05) is 77.5 Å². The highest BCUT2D eigenvalue weighted by Crippen LogP contribution is 2.34. The Morgan fingerprint density at radius 1 is 1.09 bits per heavy atom. The molecule has 0 fully saturated rings. The third kappa shape index (κ3) is 4.91. The molecule has 43 heavy (non-hydrogen) atoms. The Kier molecular flexibility index (Phi) is 7.61. The first-order valence-electron chi connectivity index (χ1n) is 13.8. The second-order valence-corrected chi connectivity index (χ2v) is 11.6. The average Bonchev–Trinajstić information content (AvgIpc) is 3.45. The van der Waals surface area contributed by atoms with Crippen LogP contribution < -0.4 is 14.9 Å². The number of thiazole rings is 1. The number of ether oxygens (including phenoxy) is 1. The van der Waals surface area contributed by atoms with E-state index in [1.54, 1.807) is 24.5 Å². The van der Waals surface area contributed by atoms with Crippen LogP contribution in [0.15, 0.2) is 93.9 Å². The summed E-state index contributed by atoms with van der Waals surface area (Å²) in [5.41, 5.74) is 5.55. The lowest BCUT2D eigenvalue weighted by Gasteiger charge is -2.25. The summed E-state index contributed by atoms with van der Waals surface area (Å²) >= 11 is 7.91. The summed E-state index contributed by atoms with van der Waals surface area (Å²) in [5.74, 6) is -0.528. The van der Waals surface area contributed by atoms with Crippen molar-refractivity contribution in [2.45, 2.75) is 33.4 Å². The van der Waals surface area contributed by atoms with Crippen LogP contribution in [0.4, 0.5) is 0 Å². The molecule has 3 aromatic carbocycles. The van der Waals surface area contributed by atoms with Gasteiger partial charge in [0.25, 0.3) is 5.56 Å². The molecule has 0 saturated heterocycles. The molecule has 1 atom stereocenters. The van der Waals surface area contributed by atoms with Crippen molar-refractivity contribution < 1.29 is 9.53 Å². The van der Waals surface area contributed by atoms with Crippen molar-refractivity contribution in [2.24, 2.45) is 4.99 Å². The fraction of sp³-hybridized carbons (Fsp3) is 0.176. The van der Waals surface area contributed by atoms with Crippen LogP contribution >= 0.6 is 22.9 Å². The van der Waals surface area contributed by atoms with Gasteiger partial charge in [0, 0.05) is 33.7 Å². The fourth-order valence-electron chi connectivity index (χ4n) is 5.69. The molecule has 0 N–H and O–H groups in total. The standard InChI is InChI=1S/C34H27ClN4O3S/c1-4-42-33(41)30-20(2)37-34-39(31(30)25-14-7-9-15-27(25)35)32(40)29(43-34)17-26-21(3)38(28-16-10-8-13-24(26)28)19-23-12-6-5-11-22(23)18-36/h5-17,31H,4,19H2,1-3H3/b29-17-/t31-/m1/s1. The average molecular weight is 607 g/mol. The Balaban J connectivity index is 1.56. The molecular weight excluding hydrogens is 580 g/mol. The van der Waals surface area contributed by atoms with Crippen molar-refractivity contribution >= 4 is 45.9 Å². The van der Waals surface area contributed by atoms with Gasteiger partial charge in [-0.3, -0.25) is 9.36 Å². The third-order valence-corrected chi connectivity index (χ3v) is 9.07. The first-order chi connectivity index (χ1) is 20.8. The number of hydrogen-bond acceptors (Lipinski definition) is 6. The molecule has 1 aliphatic heterocycles. The normalized spacial score (nSPS) is 14.9. The number of esters is 1. The molecule has 1 aliphatic rings. The number of nitriles is 1.